The summed E-state index contributed by atoms with van der Waals surface area (Å²) in [4.78, 5) is 7.74. The zero-order valence-electron chi connectivity index (χ0n) is 18.8. The molecular weight excluding hydrogens is 408 g/mol. The molecule has 0 unspecified atom stereocenters. The van der Waals surface area contributed by atoms with Gasteiger partial charge in [0.05, 0.1) is 33.3 Å². The van der Waals surface area contributed by atoms with Crippen molar-refractivity contribution in [3.63, 3.8) is 0 Å². The Morgan fingerprint density at radius 2 is 1.13 bits per heavy atom. The highest BCUT2D eigenvalue weighted by atomic mass is 35.5. The van der Waals surface area contributed by atoms with Crippen molar-refractivity contribution < 1.29 is 14.5 Å². The van der Waals surface area contributed by atoms with Crippen molar-refractivity contribution in [2.24, 2.45) is 0 Å². The van der Waals surface area contributed by atoms with E-state index < -0.39 is 0 Å². The summed E-state index contributed by atoms with van der Waals surface area (Å²) in [6.07, 6.45) is 0. The van der Waals surface area contributed by atoms with Crippen LogP contribution in [0.2, 0.25) is 5.02 Å². The van der Waals surface area contributed by atoms with E-state index in [-0.39, 0.29) is 0 Å². The van der Waals surface area contributed by atoms with Crippen LogP contribution >= 0.6 is 11.6 Å². The fraction of sp³-hybridized carbons (Fsp3) is 0.440. The number of nitrogens with one attached hydrogen (secondary N) is 2. The molecular formula is C25H37ClN4O. The van der Waals surface area contributed by atoms with Crippen LogP contribution in [0.15, 0.2) is 48.5 Å². The predicted molar refractivity (Wildman–Crippen MR) is 127 cm³/mol. The number of ether oxygens (including phenoxy) is 1. The minimum atomic E-state index is 0.811. The lowest BCUT2D eigenvalue weighted by Gasteiger charge is -2.33. The van der Waals surface area contributed by atoms with E-state index in [4.69, 9.17) is 16.3 Å². The van der Waals surface area contributed by atoms with E-state index in [0.29, 0.717) is 0 Å². The van der Waals surface area contributed by atoms with Crippen LogP contribution in [0.25, 0.3) is 0 Å². The number of halogens is 1. The summed E-state index contributed by atoms with van der Waals surface area (Å²) in [6, 6.07) is 16.5. The van der Waals surface area contributed by atoms with E-state index in [0.717, 1.165) is 76.2 Å². The summed E-state index contributed by atoms with van der Waals surface area (Å²) in [6.45, 7) is 11.2. The second-order valence-corrected chi connectivity index (χ2v) is 8.96. The zero-order chi connectivity index (χ0) is 22.1. The molecule has 0 spiro atoms. The standard InChI is InChI=1S/C13H20N2O.C12H17ClN2/c1-14-7-9-15(10-8-14)11-12-3-5-13(16-2)6-4-12;1-14-6-8-15(9-7-14)10-11-2-4-12(13)5-3-11/h3-6,14H,1,7-11H2,2H3;2-5,14H,1,6-10H2. The molecule has 0 saturated carbocycles. The van der Waals surface area contributed by atoms with Crippen LogP contribution in [-0.4, -0.2) is 69.3 Å². The SMILES string of the molecule is [CH2-][NH+]1CCN(Cc2ccc(Cl)cc2)CC1.[CH2-][NH+]1CCN(Cc2ccc(OC)cc2)CC1. The molecule has 0 amide bonds. The third-order valence-corrected chi connectivity index (χ3v) is 6.26. The molecule has 2 heterocycles. The van der Waals surface area contributed by atoms with Crippen molar-refractivity contribution >= 4 is 11.6 Å². The van der Waals surface area contributed by atoms with Gasteiger partial charge in [-0.1, -0.05) is 35.9 Å². The highest BCUT2D eigenvalue weighted by Crippen LogP contribution is 2.13. The van der Waals surface area contributed by atoms with Crippen molar-refractivity contribution in [1.29, 1.82) is 0 Å². The van der Waals surface area contributed by atoms with Crippen LogP contribution < -0.4 is 14.5 Å². The molecule has 2 aromatic rings. The molecule has 2 fully saturated rings. The molecule has 2 aliphatic heterocycles. The molecule has 6 heteroatoms. The van der Waals surface area contributed by atoms with Crippen LogP contribution in [0, 0.1) is 14.1 Å². The van der Waals surface area contributed by atoms with Gasteiger partial charge in [0.2, 0.25) is 0 Å². The lowest BCUT2D eigenvalue weighted by atomic mass is 10.2. The molecule has 2 aliphatic rings. The van der Waals surface area contributed by atoms with E-state index in [1.165, 1.54) is 20.9 Å². The Kier molecular flexibility index (Phi) is 9.62. The summed E-state index contributed by atoms with van der Waals surface area (Å²) in [5, 5.41) is 0.811. The van der Waals surface area contributed by atoms with Gasteiger partial charge in [-0.25, -0.2) is 0 Å². The number of piperazine rings is 2. The van der Waals surface area contributed by atoms with Crippen molar-refractivity contribution in [3.8, 4) is 5.75 Å². The molecule has 31 heavy (non-hydrogen) atoms. The molecule has 0 atom stereocenters. The Morgan fingerprint density at radius 1 is 0.742 bits per heavy atom. The van der Waals surface area contributed by atoms with Gasteiger partial charge < -0.3 is 14.5 Å². The van der Waals surface area contributed by atoms with Crippen LogP contribution in [0.3, 0.4) is 0 Å². The zero-order valence-corrected chi connectivity index (χ0v) is 19.5. The van der Waals surface area contributed by atoms with Crippen LogP contribution in [0.4, 0.5) is 0 Å². The van der Waals surface area contributed by atoms with Gasteiger partial charge in [-0.3, -0.25) is 9.80 Å². The third-order valence-electron chi connectivity index (χ3n) is 6.01. The Bertz CT molecular complexity index is 752. The average molecular weight is 445 g/mol. The van der Waals surface area contributed by atoms with Crippen molar-refractivity contribution in [2.75, 3.05) is 59.5 Å². The van der Waals surface area contributed by atoms with Gasteiger partial charge in [0.1, 0.15) is 5.75 Å². The molecule has 2 saturated heterocycles. The number of quaternary nitrogens is 2. The number of rotatable bonds is 5. The Labute approximate surface area is 193 Å². The first-order chi connectivity index (χ1) is 15.0. The Balaban J connectivity index is 0.000000176. The van der Waals surface area contributed by atoms with Crippen molar-refractivity contribution in [3.05, 3.63) is 78.8 Å². The highest BCUT2D eigenvalue weighted by molar-refractivity contribution is 6.30. The van der Waals surface area contributed by atoms with Gasteiger partial charge in [-0.05, 0) is 35.4 Å². The first-order valence-corrected chi connectivity index (χ1v) is 11.5. The van der Waals surface area contributed by atoms with Crippen molar-refractivity contribution in [2.45, 2.75) is 13.1 Å². The topological polar surface area (TPSA) is 24.6 Å². The molecule has 170 valence electrons. The van der Waals surface area contributed by atoms with Crippen LogP contribution in [-0.2, 0) is 13.1 Å². The molecule has 2 aromatic carbocycles. The monoisotopic (exact) mass is 444 g/mol. The minimum absolute atomic E-state index is 0.811. The van der Waals surface area contributed by atoms with E-state index in [9.17, 15) is 0 Å². The Hall–Kier alpha value is -1.63. The predicted octanol–water partition coefficient (Wildman–Crippen LogP) is 1.02. The van der Waals surface area contributed by atoms with E-state index >= 15 is 0 Å². The number of hydrogen-bond acceptors (Lipinski definition) is 3. The molecule has 0 aliphatic carbocycles. The third kappa shape index (κ3) is 8.43. The summed E-state index contributed by atoms with van der Waals surface area (Å²) >= 11 is 5.85. The van der Waals surface area contributed by atoms with Gasteiger partial charge in [0.25, 0.3) is 0 Å². The lowest BCUT2D eigenvalue weighted by molar-refractivity contribution is -0.859. The highest BCUT2D eigenvalue weighted by Gasteiger charge is 2.14. The average Bonchev–Trinajstić information content (AvgIpc) is 2.79. The maximum Gasteiger partial charge on any atom is 0.118 e. The number of hydrogen-bond donors (Lipinski definition) is 2. The number of methoxy groups -OCH3 is 1. The summed E-state index contributed by atoms with van der Waals surface area (Å²) in [5.74, 6) is 0.927. The van der Waals surface area contributed by atoms with Crippen LogP contribution in [0.5, 0.6) is 5.75 Å². The summed E-state index contributed by atoms with van der Waals surface area (Å²) < 4.78 is 5.15. The molecule has 4 rings (SSSR count). The fourth-order valence-corrected chi connectivity index (χ4v) is 4.02. The van der Waals surface area contributed by atoms with Crippen LogP contribution in [0.1, 0.15) is 11.1 Å². The maximum absolute atomic E-state index is 5.85. The smallest absolute Gasteiger partial charge is 0.118 e. The number of nitrogens with zero attached hydrogens (tertiary/aromatic N) is 2. The van der Waals surface area contributed by atoms with Gasteiger partial charge in [0.15, 0.2) is 0 Å². The van der Waals surface area contributed by atoms with Gasteiger partial charge in [0, 0.05) is 44.3 Å². The second kappa shape index (κ2) is 12.4. The first-order valence-electron chi connectivity index (χ1n) is 11.2. The second-order valence-electron chi connectivity index (χ2n) is 8.53. The molecule has 5 nitrogen and oxygen atoms in total. The summed E-state index contributed by atoms with van der Waals surface area (Å²) in [7, 11) is 9.76. The van der Waals surface area contributed by atoms with Gasteiger partial charge in [-0.2, -0.15) is 14.1 Å². The first kappa shape index (κ1) is 24.0. The summed E-state index contributed by atoms with van der Waals surface area (Å²) in [5.41, 5.74) is 2.69. The van der Waals surface area contributed by atoms with Gasteiger partial charge >= 0.3 is 0 Å². The number of benzene rings is 2. The molecule has 2 N–H and O–H groups in total. The minimum Gasteiger partial charge on any atom is -0.497 e. The van der Waals surface area contributed by atoms with E-state index in [2.05, 4.69) is 48.2 Å². The fourth-order valence-electron chi connectivity index (χ4n) is 3.89. The quantitative estimate of drug-likeness (QED) is 0.673. The van der Waals surface area contributed by atoms with E-state index in [1.807, 2.05) is 24.3 Å². The maximum atomic E-state index is 5.85. The lowest BCUT2D eigenvalue weighted by Crippen LogP contribution is -3.09. The molecule has 0 radical (unpaired) electrons. The molecule has 0 aromatic heterocycles. The largest absolute Gasteiger partial charge is 0.497 e. The van der Waals surface area contributed by atoms with E-state index in [1.54, 1.807) is 7.11 Å². The Morgan fingerprint density at radius 3 is 1.52 bits per heavy atom. The molecule has 0 bridgehead atoms. The van der Waals surface area contributed by atoms with Gasteiger partial charge in [-0.15, -0.1) is 0 Å². The normalized spacial score (nSPS) is 19.0. The van der Waals surface area contributed by atoms with Crippen molar-refractivity contribution in [1.82, 2.24) is 9.80 Å².